The van der Waals surface area contributed by atoms with Crippen LogP contribution in [0.15, 0.2) is 35.4 Å². The van der Waals surface area contributed by atoms with Crippen LogP contribution in [0.4, 0.5) is 5.69 Å². The van der Waals surface area contributed by atoms with E-state index in [1.54, 1.807) is 24.4 Å². The predicted octanol–water partition coefficient (Wildman–Crippen LogP) is 2.53. The minimum absolute atomic E-state index is 0.178. The van der Waals surface area contributed by atoms with E-state index in [1.165, 1.54) is 6.07 Å². The lowest BCUT2D eigenvalue weighted by Gasteiger charge is -2.10. The van der Waals surface area contributed by atoms with E-state index >= 15 is 0 Å². The average Bonchev–Trinajstić information content (AvgIpc) is 2.44. The Kier molecular flexibility index (Phi) is 4.80. The van der Waals surface area contributed by atoms with Gasteiger partial charge in [0.05, 0.1) is 5.52 Å². The van der Waals surface area contributed by atoms with Crippen LogP contribution in [0.5, 0.6) is 0 Å². The number of fused-ring (bicyclic) bond motifs is 1. The topological polar surface area (TPSA) is 85.1 Å². The third-order valence-electron chi connectivity index (χ3n) is 3.31. The number of benzene rings is 1. The highest BCUT2D eigenvalue weighted by atomic mass is 32.2. The fraction of sp³-hybridized carbons (Fsp3) is 0.400. The molecule has 1 aromatic heterocycles. The lowest BCUT2D eigenvalue weighted by atomic mass is 10.1. The van der Waals surface area contributed by atoms with Gasteiger partial charge in [-0.2, -0.15) is 0 Å². The molecule has 6 heteroatoms. The molecule has 0 aliphatic carbocycles. The maximum Gasteiger partial charge on any atom is 0.242 e. The Labute approximate surface area is 125 Å². The van der Waals surface area contributed by atoms with E-state index in [0.29, 0.717) is 29.1 Å². The van der Waals surface area contributed by atoms with Gasteiger partial charge < -0.3 is 5.73 Å². The molecular formula is C15H21N3O2S. The summed E-state index contributed by atoms with van der Waals surface area (Å²) in [7, 11) is -3.57. The summed E-state index contributed by atoms with van der Waals surface area (Å²) in [4.78, 5) is 4.34. The molecule has 114 valence electrons. The van der Waals surface area contributed by atoms with E-state index in [-0.39, 0.29) is 4.90 Å². The van der Waals surface area contributed by atoms with Crippen molar-refractivity contribution in [3.63, 3.8) is 0 Å². The Morgan fingerprint density at radius 2 is 2.05 bits per heavy atom. The van der Waals surface area contributed by atoms with Crippen molar-refractivity contribution in [3.05, 3.63) is 30.5 Å². The number of aromatic nitrogens is 1. The van der Waals surface area contributed by atoms with Crippen molar-refractivity contribution < 1.29 is 8.42 Å². The number of nitrogens with zero attached hydrogens (tertiary/aromatic N) is 1. The van der Waals surface area contributed by atoms with Gasteiger partial charge in [0.1, 0.15) is 4.90 Å². The second-order valence-corrected chi connectivity index (χ2v) is 7.22. The Balaban J connectivity index is 2.26. The van der Waals surface area contributed by atoms with Crippen LogP contribution in [-0.4, -0.2) is 19.9 Å². The number of sulfonamides is 1. The Bertz CT molecular complexity index is 727. The molecule has 1 heterocycles. The smallest absolute Gasteiger partial charge is 0.242 e. The first-order valence-corrected chi connectivity index (χ1v) is 8.53. The van der Waals surface area contributed by atoms with Gasteiger partial charge in [0.25, 0.3) is 0 Å². The van der Waals surface area contributed by atoms with Gasteiger partial charge in [0.2, 0.25) is 10.0 Å². The van der Waals surface area contributed by atoms with Crippen LogP contribution >= 0.6 is 0 Å². The van der Waals surface area contributed by atoms with E-state index in [2.05, 4.69) is 23.6 Å². The van der Waals surface area contributed by atoms with Crippen molar-refractivity contribution in [1.82, 2.24) is 9.71 Å². The van der Waals surface area contributed by atoms with Gasteiger partial charge in [-0.15, -0.1) is 0 Å². The summed E-state index contributed by atoms with van der Waals surface area (Å²) in [5, 5.41) is 0.655. The molecule has 2 rings (SSSR count). The SMILES string of the molecule is CC(C)CCCNS(=O)(=O)c1ccc(N)c2cccnc12. The molecule has 0 saturated carbocycles. The van der Waals surface area contributed by atoms with Gasteiger partial charge in [-0.05, 0) is 43.0 Å². The first-order valence-electron chi connectivity index (χ1n) is 7.04. The minimum Gasteiger partial charge on any atom is -0.398 e. The quantitative estimate of drug-likeness (QED) is 0.634. The molecule has 0 aliphatic heterocycles. The van der Waals surface area contributed by atoms with E-state index in [9.17, 15) is 8.42 Å². The number of hydrogen-bond donors (Lipinski definition) is 2. The number of rotatable bonds is 6. The molecule has 0 saturated heterocycles. The van der Waals surface area contributed by atoms with Gasteiger partial charge in [0.15, 0.2) is 0 Å². The average molecular weight is 307 g/mol. The van der Waals surface area contributed by atoms with Crippen LogP contribution in [0.2, 0.25) is 0 Å². The van der Waals surface area contributed by atoms with Gasteiger partial charge in [-0.25, -0.2) is 13.1 Å². The molecule has 2 aromatic rings. The first-order chi connectivity index (χ1) is 9.92. The van der Waals surface area contributed by atoms with Crippen LogP contribution in [0.1, 0.15) is 26.7 Å². The molecule has 0 unspecified atom stereocenters. The highest BCUT2D eigenvalue weighted by molar-refractivity contribution is 7.89. The lowest BCUT2D eigenvalue weighted by molar-refractivity contribution is 0.540. The van der Waals surface area contributed by atoms with Crippen LogP contribution < -0.4 is 10.5 Å². The summed E-state index contributed by atoms with van der Waals surface area (Å²) in [6.45, 7) is 4.66. The lowest BCUT2D eigenvalue weighted by Crippen LogP contribution is -2.25. The van der Waals surface area contributed by atoms with Gasteiger partial charge in [-0.3, -0.25) is 4.98 Å². The first kappa shape index (κ1) is 15.7. The zero-order valence-corrected chi connectivity index (χ0v) is 13.2. The Hall–Kier alpha value is -1.66. The fourth-order valence-corrected chi connectivity index (χ4v) is 3.41. The standard InChI is InChI=1S/C15H21N3O2S/c1-11(2)5-3-10-18-21(19,20)14-8-7-13(16)12-6-4-9-17-15(12)14/h4,6-9,11,18H,3,5,10,16H2,1-2H3. The van der Waals surface area contributed by atoms with Gasteiger partial charge >= 0.3 is 0 Å². The van der Waals surface area contributed by atoms with E-state index in [4.69, 9.17) is 5.73 Å². The molecule has 0 atom stereocenters. The van der Waals surface area contributed by atoms with Crippen molar-refractivity contribution in [2.45, 2.75) is 31.6 Å². The maximum absolute atomic E-state index is 12.4. The normalized spacial score (nSPS) is 12.1. The van der Waals surface area contributed by atoms with E-state index in [1.807, 2.05) is 0 Å². The van der Waals surface area contributed by atoms with Crippen molar-refractivity contribution >= 4 is 26.6 Å². The van der Waals surface area contributed by atoms with E-state index < -0.39 is 10.0 Å². The summed E-state index contributed by atoms with van der Waals surface area (Å²) in [5.74, 6) is 0.563. The number of anilines is 1. The fourth-order valence-electron chi connectivity index (χ4n) is 2.18. The van der Waals surface area contributed by atoms with Crippen molar-refractivity contribution in [1.29, 1.82) is 0 Å². The molecule has 0 radical (unpaired) electrons. The molecule has 0 amide bonds. The number of nitrogens with one attached hydrogen (secondary N) is 1. The third kappa shape index (κ3) is 3.71. The largest absolute Gasteiger partial charge is 0.398 e. The molecule has 5 nitrogen and oxygen atoms in total. The zero-order valence-electron chi connectivity index (χ0n) is 12.3. The Morgan fingerprint density at radius 3 is 2.76 bits per heavy atom. The number of hydrogen-bond acceptors (Lipinski definition) is 4. The molecule has 21 heavy (non-hydrogen) atoms. The van der Waals surface area contributed by atoms with Crippen LogP contribution in [0.25, 0.3) is 10.9 Å². The molecule has 0 spiro atoms. The summed E-state index contributed by atoms with van der Waals surface area (Å²) in [5.41, 5.74) is 6.80. The number of nitrogens with two attached hydrogens (primary N) is 1. The van der Waals surface area contributed by atoms with Crippen LogP contribution in [0.3, 0.4) is 0 Å². The molecule has 0 aliphatic rings. The summed E-state index contributed by atoms with van der Waals surface area (Å²) >= 11 is 0. The van der Waals surface area contributed by atoms with Crippen LogP contribution in [0, 0.1) is 5.92 Å². The number of nitrogen functional groups attached to an aromatic ring is 1. The Morgan fingerprint density at radius 1 is 1.29 bits per heavy atom. The highest BCUT2D eigenvalue weighted by Gasteiger charge is 2.18. The second kappa shape index (κ2) is 6.41. The number of pyridine rings is 1. The van der Waals surface area contributed by atoms with E-state index in [0.717, 1.165) is 12.8 Å². The van der Waals surface area contributed by atoms with Gasteiger partial charge in [0, 0.05) is 23.8 Å². The molecule has 1 aromatic carbocycles. The molecular weight excluding hydrogens is 286 g/mol. The maximum atomic E-state index is 12.4. The van der Waals surface area contributed by atoms with Gasteiger partial charge in [-0.1, -0.05) is 13.8 Å². The van der Waals surface area contributed by atoms with Crippen molar-refractivity contribution in [3.8, 4) is 0 Å². The van der Waals surface area contributed by atoms with Crippen molar-refractivity contribution in [2.24, 2.45) is 5.92 Å². The monoisotopic (exact) mass is 307 g/mol. The summed E-state index contributed by atoms with van der Waals surface area (Å²) in [6.07, 6.45) is 3.38. The minimum atomic E-state index is -3.57. The molecule has 3 N–H and O–H groups in total. The second-order valence-electron chi connectivity index (χ2n) is 5.49. The zero-order chi connectivity index (χ0) is 15.5. The highest BCUT2D eigenvalue weighted by Crippen LogP contribution is 2.25. The summed E-state index contributed by atoms with van der Waals surface area (Å²) < 4.78 is 27.5. The molecule has 0 fully saturated rings. The van der Waals surface area contributed by atoms with Crippen LogP contribution in [-0.2, 0) is 10.0 Å². The third-order valence-corrected chi connectivity index (χ3v) is 4.80. The molecule has 0 bridgehead atoms. The summed E-state index contributed by atoms with van der Waals surface area (Å²) in [6, 6.07) is 6.63. The predicted molar refractivity (Wildman–Crippen MR) is 85.4 cm³/mol. The van der Waals surface area contributed by atoms with Crippen molar-refractivity contribution in [2.75, 3.05) is 12.3 Å².